The largest absolute Gasteiger partial charge is 0.381 e. The zero-order valence-electron chi connectivity index (χ0n) is 16.1. The number of amides is 2. The minimum atomic E-state index is -0.311. The first-order chi connectivity index (χ1) is 13.5. The highest BCUT2D eigenvalue weighted by molar-refractivity contribution is 6.01. The van der Waals surface area contributed by atoms with E-state index in [0.717, 1.165) is 29.8 Å². The number of fused-ring (bicyclic) bond motifs is 1. The van der Waals surface area contributed by atoms with E-state index in [9.17, 15) is 9.59 Å². The molecule has 0 saturated carbocycles. The van der Waals surface area contributed by atoms with E-state index in [0.29, 0.717) is 24.6 Å². The van der Waals surface area contributed by atoms with Gasteiger partial charge in [0.15, 0.2) is 0 Å². The standard InChI is InChI=1S/C21H24N4O3/c1-13-3-8-17-19(22-13)25(2)18(24-21(17)27)14-4-6-16(7-5-14)23-20(26)15-9-11-28-12-10-15/h3-8,15,18H,9-12H2,1-2H3,(H,23,26)(H,24,27)/t18-/m0/s1. The van der Waals surface area contributed by atoms with Crippen molar-refractivity contribution in [1.29, 1.82) is 0 Å². The van der Waals surface area contributed by atoms with E-state index in [1.807, 2.05) is 49.2 Å². The van der Waals surface area contributed by atoms with Gasteiger partial charge in [-0.2, -0.15) is 0 Å². The molecule has 0 bridgehead atoms. The van der Waals surface area contributed by atoms with Gasteiger partial charge >= 0.3 is 0 Å². The van der Waals surface area contributed by atoms with Crippen molar-refractivity contribution in [3.8, 4) is 0 Å². The highest BCUT2D eigenvalue weighted by Crippen LogP contribution is 2.31. The van der Waals surface area contributed by atoms with Crippen molar-refractivity contribution >= 4 is 23.3 Å². The molecule has 28 heavy (non-hydrogen) atoms. The van der Waals surface area contributed by atoms with Gasteiger partial charge in [-0.1, -0.05) is 12.1 Å². The number of hydrogen-bond acceptors (Lipinski definition) is 5. The average molecular weight is 380 g/mol. The summed E-state index contributed by atoms with van der Waals surface area (Å²) in [6, 6.07) is 11.2. The lowest BCUT2D eigenvalue weighted by Gasteiger charge is -2.35. The first-order valence-electron chi connectivity index (χ1n) is 9.53. The number of aromatic nitrogens is 1. The molecule has 1 saturated heterocycles. The summed E-state index contributed by atoms with van der Waals surface area (Å²) in [6.45, 7) is 3.19. The highest BCUT2D eigenvalue weighted by Gasteiger charge is 2.30. The van der Waals surface area contributed by atoms with Crippen LogP contribution in [-0.2, 0) is 9.53 Å². The predicted octanol–water partition coefficient (Wildman–Crippen LogP) is 2.63. The van der Waals surface area contributed by atoms with E-state index in [2.05, 4.69) is 15.6 Å². The number of pyridine rings is 1. The molecule has 2 aromatic rings. The van der Waals surface area contributed by atoms with Crippen LogP contribution in [0.15, 0.2) is 36.4 Å². The lowest BCUT2D eigenvalue weighted by molar-refractivity contribution is -0.122. The number of benzene rings is 1. The minimum Gasteiger partial charge on any atom is -0.381 e. The Hall–Kier alpha value is -2.93. The van der Waals surface area contributed by atoms with E-state index >= 15 is 0 Å². The van der Waals surface area contributed by atoms with Crippen LogP contribution in [0.25, 0.3) is 0 Å². The van der Waals surface area contributed by atoms with E-state index in [1.54, 1.807) is 6.07 Å². The Bertz CT molecular complexity index is 891. The molecule has 1 aromatic carbocycles. The van der Waals surface area contributed by atoms with Crippen molar-refractivity contribution < 1.29 is 14.3 Å². The van der Waals surface area contributed by atoms with Gasteiger partial charge < -0.3 is 20.3 Å². The maximum absolute atomic E-state index is 12.5. The number of nitrogens with one attached hydrogen (secondary N) is 2. The number of carbonyl (C=O) groups is 2. The minimum absolute atomic E-state index is 0.00279. The Morgan fingerprint density at radius 3 is 2.61 bits per heavy atom. The second-order valence-corrected chi connectivity index (χ2v) is 7.31. The van der Waals surface area contributed by atoms with Crippen LogP contribution in [0, 0.1) is 12.8 Å². The second kappa shape index (κ2) is 7.59. The van der Waals surface area contributed by atoms with E-state index in [-0.39, 0.29) is 23.9 Å². The van der Waals surface area contributed by atoms with Gasteiger partial charge in [0.1, 0.15) is 12.0 Å². The average Bonchev–Trinajstić information content (AvgIpc) is 2.72. The monoisotopic (exact) mass is 380 g/mol. The normalized spacial score (nSPS) is 19.7. The fourth-order valence-corrected chi connectivity index (χ4v) is 3.67. The van der Waals surface area contributed by atoms with Crippen molar-refractivity contribution in [2.75, 3.05) is 30.5 Å². The Morgan fingerprint density at radius 2 is 1.89 bits per heavy atom. The summed E-state index contributed by atoms with van der Waals surface area (Å²) in [4.78, 5) is 31.3. The summed E-state index contributed by atoms with van der Waals surface area (Å²) in [6.07, 6.45) is 1.21. The van der Waals surface area contributed by atoms with Crippen LogP contribution < -0.4 is 15.5 Å². The zero-order valence-corrected chi connectivity index (χ0v) is 16.1. The maximum Gasteiger partial charge on any atom is 0.256 e. The molecule has 0 radical (unpaired) electrons. The van der Waals surface area contributed by atoms with E-state index in [1.165, 1.54) is 0 Å². The Morgan fingerprint density at radius 1 is 1.18 bits per heavy atom. The summed E-state index contributed by atoms with van der Waals surface area (Å²) in [5.41, 5.74) is 3.11. The quantitative estimate of drug-likeness (QED) is 0.855. The van der Waals surface area contributed by atoms with Crippen LogP contribution in [0.5, 0.6) is 0 Å². The second-order valence-electron chi connectivity index (χ2n) is 7.31. The van der Waals surface area contributed by atoms with Gasteiger partial charge in [-0.3, -0.25) is 9.59 Å². The first-order valence-corrected chi connectivity index (χ1v) is 9.53. The molecule has 7 heteroatoms. The Labute approximate surface area is 164 Å². The van der Waals surface area contributed by atoms with Gasteiger partial charge in [0.2, 0.25) is 5.91 Å². The molecule has 7 nitrogen and oxygen atoms in total. The van der Waals surface area contributed by atoms with E-state index in [4.69, 9.17) is 4.74 Å². The topological polar surface area (TPSA) is 83.6 Å². The fraction of sp³-hybridized carbons (Fsp3) is 0.381. The van der Waals surface area contributed by atoms with Gasteiger partial charge in [0, 0.05) is 37.6 Å². The molecule has 3 heterocycles. The molecule has 4 rings (SSSR count). The van der Waals surface area contributed by atoms with Crippen molar-refractivity contribution in [2.45, 2.75) is 25.9 Å². The summed E-state index contributed by atoms with van der Waals surface area (Å²) < 4.78 is 5.31. The van der Waals surface area contributed by atoms with Crippen LogP contribution in [0.2, 0.25) is 0 Å². The van der Waals surface area contributed by atoms with Gasteiger partial charge in [0.05, 0.1) is 5.56 Å². The molecule has 2 amide bonds. The molecule has 0 aliphatic carbocycles. The maximum atomic E-state index is 12.5. The summed E-state index contributed by atoms with van der Waals surface area (Å²) >= 11 is 0. The third kappa shape index (κ3) is 3.57. The van der Waals surface area contributed by atoms with Crippen LogP contribution >= 0.6 is 0 Å². The third-order valence-corrected chi connectivity index (χ3v) is 5.33. The molecule has 1 atom stereocenters. The number of anilines is 2. The number of hydrogen-bond donors (Lipinski definition) is 2. The van der Waals surface area contributed by atoms with Crippen LogP contribution in [0.3, 0.4) is 0 Å². The number of carbonyl (C=O) groups excluding carboxylic acids is 2. The van der Waals surface area contributed by atoms with Gasteiger partial charge in [-0.15, -0.1) is 0 Å². The van der Waals surface area contributed by atoms with Crippen LogP contribution in [-0.4, -0.2) is 37.1 Å². The molecular weight excluding hydrogens is 356 g/mol. The van der Waals surface area contributed by atoms with Gasteiger partial charge in [-0.05, 0) is 49.6 Å². The molecule has 2 N–H and O–H groups in total. The summed E-state index contributed by atoms with van der Waals surface area (Å²) in [5, 5.41) is 5.99. The zero-order chi connectivity index (χ0) is 19.7. The van der Waals surface area contributed by atoms with Crippen molar-refractivity contribution in [3.63, 3.8) is 0 Å². The first kappa shape index (κ1) is 18.4. The van der Waals surface area contributed by atoms with Gasteiger partial charge in [-0.25, -0.2) is 4.98 Å². The van der Waals surface area contributed by atoms with E-state index < -0.39 is 0 Å². The fourth-order valence-electron chi connectivity index (χ4n) is 3.67. The van der Waals surface area contributed by atoms with Crippen molar-refractivity contribution in [1.82, 2.24) is 10.3 Å². The molecule has 1 aromatic heterocycles. The van der Waals surface area contributed by atoms with Crippen molar-refractivity contribution in [3.05, 3.63) is 53.2 Å². The predicted molar refractivity (Wildman–Crippen MR) is 106 cm³/mol. The SMILES string of the molecule is Cc1ccc2c(n1)N(C)[C@@H](c1ccc(NC(=O)C3CCOCC3)cc1)NC2=O. The third-order valence-electron chi connectivity index (χ3n) is 5.33. The molecule has 0 spiro atoms. The molecule has 146 valence electrons. The number of nitrogens with zero attached hydrogens (tertiary/aromatic N) is 2. The number of rotatable bonds is 3. The van der Waals surface area contributed by atoms with Gasteiger partial charge in [0.25, 0.3) is 5.91 Å². The van der Waals surface area contributed by atoms with Crippen LogP contribution in [0.1, 0.15) is 40.6 Å². The number of ether oxygens (including phenoxy) is 1. The summed E-state index contributed by atoms with van der Waals surface area (Å²) in [7, 11) is 1.91. The Balaban J connectivity index is 1.49. The highest BCUT2D eigenvalue weighted by atomic mass is 16.5. The number of aryl methyl sites for hydroxylation is 1. The molecular formula is C21H24N4O3. The molecule has 2 aliphatic rings. The lowest BCUT2D eigenvalue weighted by Crippen LogP contribution is -2.45. The molecule has 0 unspecified atom stereocenters. The van der Waals surface area contributed by atoms with Crippen molar-refractivity contribution in [2.24, 2.45) is 5.92 Å². The Kier molecular flexibility index (Phi) is 5.00. The molecule has 1 fully saturated rings. The summed E-state index contributed by atoms with van der Waals surface area (Å²) in [5.74, 6) is 0.573. The smallest absolute Gasteiger partial charge is 0.256 e. The molecule has 2 aliphatic heterocycles. The lowest BCUT2D eigenvalue weighted by atomic mass is 9.99. The van der Waals surface area contributed by atoms with Crippen LogP contribution in [0.4, 0.5) is 11.5 Å².